The van der Waals surface area contributed by atoms with Crippen molar-refractivity contribution < 1.29 is 45.0 Å². The van der Waals surface area contributed by atoms with Crippen LogP contribution in [0.25, 0.3) is 0 Å². The van der Waals surface area contributed by atoms with Crippen LogP contribution in [0.3, 0.4) is 0 Å². The Kier molecular flexibility index (Phi) is 70.5. The molecule has 0 aromatic heterocycles. The molecule has 0 radical (unpaired) electrons. The molecule has 0 rings (SSSR count). The minimum atomic E-state index is -3.13. The van der Waals surface area contributed by atoms with E-state index in [0.29, 0.717) is 0 Å². The maximum Gasteiger partial charge on any atom is 2.00 e. The fraction of sp³-hybridized carbons (Fsp3) is 0. The first kappa shape index (κ1) is 36.1. The number of hydrogen-bond acceptors (Lipinski definition) is 3. The maximum atomic E-state index is 8.74. The Morgan fingerprint density at radius 1 is 0.600 bits per heavy atom. The van der Waals surface area contributed by atoms with Gasteiger partial charge in [-0.05, 0) is 0 Å². The van der Waals surface area contributed by atoms with Crippen LogP contribution in [0.2, 0.25) is 0 Å². The molecule has 88 valence electrons. The van der Waals surface area contributed by atoms with E-state index in [1.54, 1.807) is 0 Å². The van der Waals surface area contributed by atoms with Crippen molar-refractivity contribution in [2.24, 2.45) is 0 Å². The van der Waals surface area contributed by atoms with Crippen molar-refractivity contribution in [1.82, 2.24) is 0 Å². The van der Waals surface area contributed by atoms with Gasteiger partial charge in [0.25, 0.3) is 0 Å². The Balaban J connectivity index is -0.0000000104. The van der Waals surface area contributed by atoms with E-state index in [0.717, 1.165) is 0 Å². The SMILES string of the molecule is O=[Si](O)O.O=[Si](O)O.O=[Si](O)O.[AlH3].[AlH3].[H-].[H-].[Mg+2]. The Morgan fingerprint density at radius 3 is 0.600 bits per heavy atom. The van der Waals surface area contributed by atoms with Crippen LogP contribution in [-0.4, -0.2) is 114 Å². The molecule has 0 fully saturated rings. The van der Waals surface area contributed by atoms with Crippen LogP contribution in [-0.2, 0) is 13.4 Å². The van der Waals surface area contributed by atoms with E-state index in [1.807, 2.05) is 0 Å². The molecule has 0 aliphatic carbocycles. The minimum absolute atomic E-state index is 0. The first-order valence-corrected chi connectivity index (χ1v) is 5.86. The zero-order valence-electron chi connectivity index (χ0n) is 8.12. The van der Waals surface area contributed by atoms with Crippen LogP contribution in [0.1, 0.15) is 2.85 Å². The Morgan fingerprint density at radius 2 is 0.600 bits per heavy atom. The molecular formula is H14Al2MgO9Si3. The molecule has 0 saturated heterocycles. The average Bonchev–Trinajstić information content (AvgIpc) is 1.54. The molecule has 6 N–H and O–H groups in total. The number of hydrogen-bond donors (Lipinski definition) is 6. The summed E-state index contributed by atoms with van der Waals surface area (Å²) in [6, 6.07) is 0. The van der Waals surface area contributed by atoms with Crippen molar-refractivity contribution in [3.8, 4) is 0 Å². The summed E-state index contributed by atoms with van der Waals surface area (Å²) in [4.78, 5) is 42.9. The molecule has 0 aromatic rings. The number of rotatable bonds is 0. The third kappa shape index (κ3) is 5080. The van der Waals surface area contributed by atoms with Crippen LogP contribution >= 0.6 is 0 Å². The first-order valence-electron chi connectivity index (χ1n) is 1.95. The summed E-state index contributed by atoms with van der Waals surface area (Å²) in [5.74, 6) is 0. The molecule has 0 aliphatic rings. The molecule has 0 atom stereocenters. The predicted molar refractivity (Wildman–Crippen MR) is 60.5 cm³/mol. The van der Waals surface area contributed by atoms with Gasteiger partial charge in [0.2, 0.25) is 0 Å². The van der Waals surface area contributed by atoms with E-state index < -0.39 is 27.5 Å². The van der Waals surface area contributed by atoms with Gasteiger partial charge in [0.05, 0.1) is 0 Å². The predicted octanol–water partition coefficient (Wildman–Crippen LogP) is -7.36. The van der Waals surface area contributed by atoms with Gasteiger partial charge in [0.1, 0.15) is 0 Å². The zero-order chi connectivity index (χ0) is 10.7. The van der Waals surface area contributed by atoms with Gasteiger partial charge in [-0.1, -0.05) is 0 Å². The quantitative estimate of drug-likeness (QED) is 0.237. The van der Waals surface area contributed by atoms with Gasteiger partial charge in [0, 0.05) is 0 Å². The van der Waals surface area contributed by atoms with Crippen molar-refractivity contribution in [2.45, 2.75) is 0 Å². The molecule has 0 amide bonds. The molecule has 0 unspecified atom stereocenters. The fourth-order valence-electron chi connectivity index (χ4n) is 0. The fourth-order valence-corrected chi connectivity index (χ4v) is 0. The van der Waals surface area contributed by atoms with Gasteiger partial charge >= 0.3 is 50.6 Å². The summed E-state index contributed by atoms with van der Waals surface area (Å²) in [6.45, 7) is 0. The summed E-state index contributed by atoms with van der Waals surface area (Å²) < 4.78 is 26.2. The van der Waals surface area contributed by atoms with E-state index >= 15 is 0 Å². The summed E-state index contributed by atoms with van der Waals surface area (Å²) >= 11 is 0. The molecule has 0 aliphatic heterocycles. The van der Waals surface area contributed by atoms with Gasteiger partial charge < -0.3 is 31.6 Å². The smallest absolute Gasteiger partial charge is 1.00 e. The molecule has 0 saturated carbocycles. The summed E-state index contributed by atoms with van der Waals surface area (Å²) in [7, 11) is -9.39. The van der Waals surface area contributed by atoms with E-state index in [1.165, 1.54) is 0 Å². The molecule has 15 heteroatoms. The Bertz CT molecular complexity index is 130. The largest absolute Gasteiger partial charge is 2.00 e. The van der Waals surface area contributed by atoms with Crippen LogP contribution in [0.5, 0.6) is 0 Å². The van der Waals surface area contributed by atoms with E-state index in [-0.39, 0.29) is 60.6 Å². The molecular weight excluding hydrogens is 307 g/mol. The van der Waals surface area contributed by atoms with Gasteiger partial charge in [-0.3, -0.25) is 13.4 Å². The van der Waals surface area contributed by atoms with E-state index in [9.17, 15) is 0 Å². The average molecular weight is 321 g/mol. The van der Waals surface area contributed by atoms with Crippen molar-refractivity contribution in [2.75, 3.05) is 0 Å². The third-order valence-corrected chi connectivity index (χ3v) is 0. The maximum absolute atomic E-state index is 8.74. The zero-order valence-corrected chi connectivity index (χ0v) is 10.5. The van der Waals surface area contributed by atoms with E-state index in [2.05, 4.69) is 0 Å². The van der Waals surface area contributed by atoms with Crippen LogP contribution in [0.4, 0.5) is 0 Å². The summed E-state index contributed by atoms with van der Waals surface area (Å²) in [6.07, 6.45) is 0. The van der Waals surface area contributed by atoms with Crippen LogP contribution in [0.15, 0.2) is 0 Å². The molecule has 0 bridgehead atoms. The molecule has 9 nitrogen and oxygen atoms in total. The Labute approximate surface area is 129 Å². The molecule has 15 heavy (non-hydrogen) atoms. The van der Waals surface area contributed by atoms with Gasteiger partial charge in [0.15, 0.2) is 34.7 Å². The van der Waals surface area contributed by atoms with E-state index in [4.69, 9.17) is 42.2 Å². The molecule has 0 aromatic carbocycles. The Hall–Kier alpha value is 0.682. The van der Waals surface area contributed by atoms with Crippen molar-refractivity contribution in [3.63, 3.8) is 0 Å². The van der Waals surface area contributed by atoms with Crippen molar-refractivity contribution in [1.29, 1.82) is 0 Å². The monoisotopic (exact) mass is 320 g/mol. The van der Waals surface area contributed by atoms with Crippen molar-refractivity contribution in [3.05, 3.63) is 0 Å². The van der Waals surface area contributed by atoms with Gasteiger partial charge in [-0.15, -0.1) is 0 Å². The summed E-state index contributed by atoms with van der Waals surface area (Å²) in [5, 5.41) is 0. The van der Waals surface area contributed by atoms with Crippen molar-refractivity contribution >= 4 is 85.3 Å². The first-order chi connectivity index (χ1) is 5.20. The summed E-state index contributed by atoms with van der Waals surface area (Å²) in [5.41, 5.74) is 0. The van der Waals surface area contributed by atoms with Gasteiger partial charge in [-0.25, -0.2) is 0 Å². The molecule has 0 heterocycles. The van der Waals surface area contributed by atoms with Crippen LogP contribution in [0, 0.1) is 0 Å². The second-order valence-electron chi connectivity index (χ2n) is 0.848. The second-order valence-corrected chi connectivity index (χ2v) is 2.54. The standard InChI is InChI=1S/2Al.Mg.3H2O3Si.8H/c;;;3*1-4(2)3;;;;;;;;/h;;;3*1-2H;;;;;;;;/q;;+2;;;;;;;;;;2*-1. The van der Waals surface area contributed by atoms with Gasteiger partial charge in [-0.2, -0.15) is 0 Å². The third-order valence-electron chi connectivity index (χ3n) is 0. The minimum Gasteiger partial charge on any atom is -1.00 e. The second kappa shape index (κ2) is 29.3. The molecule has 0 spiro atoms. The van der Waals surface area contributed by atoms with Crippen LogP contribution < -0.4 is 0 Å². The topological polar surface area (TPSA) is 173 Å². The normalized spacial score (nSPS) is 4.80.